The van der Waals surface area contributed by atoms with Gasteiger partial charge < -0.3 is 14.6 Å². The second-order valence-electron chi connectivity index (χ2n) is 6.19. The molecule has 4 heteroatoms. The summed E-state index contributed by atoms with van der Waals surface area (Å²) in [5.74, 6) is 0.688. The van der Waals surface area contributed by atoms with E-state index in [0.717, 1.165) is 27.9 Å². The predicted molar refractivity (Wildman–Crippen MR) is 97.8 cm³/mol. The van der Waals surface area contributed by atoms with Crippen LogP contribution in [0, 0.1) is 6.92 Å². The SMILES string of the molecule is Cc1c(C(=O)Nc2ccc(OC(C)C)cc2)n(C)c2ccccc12. The molecule has 0 unspecified atom stereocenters. The maximum atomic E-state index is 12.7. The Hall–Kier alpha value is -2.75. The van der Waals surface area contributed by atoms with Gasteiger partial charge in [0, 0.05) is 23.6 Å². The first-order valence-electron chi connectivity index (χ1n) is 8.09. The lowest BCUT2D eigenvalue weighted by Crippen LogP contribution is -2.16. The Morgan fingerprint density at radius 2 is 1.75 bits per heavy atom. The number of nitrogens with one attached hydrogen (secondary N) is 1. The topological polar surface area (TPSA) is 43.3 Å². The van der Waals surface area contributed by atoms with Crippen LogP contribution in [0.1, 0.15) is 29.9 Å². The van der Waals surface area contributed by atoms with Crippen molar-refractivity contribution in [2.45, 2.75) is 26.9 Å². The zero-order valence-corrected chi connectivity index (χ0v) is 14.5. The molecule has 0 radical (unpaired) electrons. The first-order chi connectivity index (χ1) is 11.5. The molecule has 3 rings (SSSR count). The van der Waals surface area contributed by atoms with Gasteiger partial charge in [-0.2, -0.15) is 0 Å². The third-order valence-electron chi connectivity index (χ3n) is 4.06. The fourth-order valence-electron chi connectivity index (χ4n) is 2.98. The summed E-state index contributed by atoms with van der Waals surface area (Å²) in [5, 5.41) is 4.07. The number of ether oxygens (including phenoxy) is 1. The van der Waals surface area contributed by atoms with Crippen molar-refractivity contribution in [2.75, 3.05) is 5.32 Å². The van der Waals surface area contributed by atoms with Crippen molar-refractivity contribution < 1.29 is 9.53 Å². The summed E-state index contributed by atoms with van der Waals surface area (Å²) in [4.78, 5) is 12.7. The number of carbonyl (C=O) groups excluding carboxylic acids is 1. The number of rotatable bonds is 4. The Morgan fingerprint density at radius 3 is 2.38 bits per heavy atom. The Morgan fingerprint density at radius 1 is 1.08 bits per heavy atom. The molecule has 1 aromatic heterocycles. The van der Waals surface area contributed by atoms with Crippen LogP contribution >= 0.6 is 0 Å². The highest BCUT2D eigenvalue weighted by Crippen LogP contribution is 2.25. The highest BCUT2D eigenvalue weighted by molar-refractivity contribution is 6.08. The van der Waals surface area contributed by atoms with E-state index < -0.39 is 0 Å². The maximum Gasteiger partial charge on any atom is 0.272 e. The first kappa shape index (κ1) is 16.1. The van der Waals surface area contributed by atoms with Gasteiger partial charge in [-0.3, -0.25) is 4.79 Å². The molecule has 0 fully saturated rings. The molecule has 4 nitrogen and oxygen atoms in total. The number of para-hydroxylation sites is 1. The maximum absolute atomic E-state index is 12.7. The van der Waals surface area contributed by atoms with Crippen LogP contribution in [0.5, 0.6) is 5.75 Å². The number of aromatic nitrogens is 1. The highest BCUT2D eigenvalue weighted by atomic mass is 16.5. The fraction of sp³-hybridized carbons (Fsp3) is 0.250. The van der Waals surface area contributed by atoms with Crippen LogP contribution < -0.4 is 10.1 Å². The molecule has 0 saturated carbocycles. The van der Waals surface area contributed by atoms with E-state index in [9.17, 15) is 4.79 Å². The lowest BCUT2D eigenvalue weighted by molar-refractivity contribution is 0.101. The summed E-state index contributed by atoms with van der Waals surface area (Å²) in [7, 11) is 1.92. The Bertz CT molecular complexity index is 838. The van der Waals surface area contributed by atoms with Crippen molar-refractivity contribution in [2.24, 2.45) is 7.05 Å². The van der Waals surface area contributed by atoms with Crippen molar-refractivity contribution in [3.63, 3.8) is 0 Å². The molecule has 24 heavy (non-hydrogen) atoms. The quantitative estimate of drug-likeness (QED) is 0.767. The average Bonchev–Trinajstić information content (AvgIpc) is 2.81. The van der Waals surface area contributed by atoms with E-state index in [1.165, 1.54) is 0 Å². The second-order valence-corrected chi connectivity index (χ2v) is 6.19. The van der Waals surface area contributed by atoms with Gasteiger partial charge in [0.25, 0.3) is 5.91 Å². The number of anilines is 1. The monoisotopic (exact) mass is 322 g/mol. The van der Waals surface area contributed by atoms with E-state index >= 15 is 0 Å². The normalized spacial score (nSPS) is 11.0. The molecule has 0 aliphatic heterocycles. The zero-order valence-electron chi connectivity index (χ0n) is 14.5. The van der Waals surface area contributed by atoms with Crippen LogP contribution in [0.3, 0.4) is 0 Å². The minimum atomic E-state index is -0.108. The number of hydrogen-bond acceptors (Lipinski definition) is 2. The molecule has 2 aromatic carbocycles. The lowest BCUT2D eigenvalue weighted by Gasteiger charge is -2.11. The molecule has 0 atom stereocenters. The summed E-state index contributed by atoms with van der Waals surface area (Å²) in [5.41, 5.74) is 3.48. The summed E-state index contributed by atoms with van der Waals surface area (Å²) in [6.07, 6.45) is 0.129. The number of hydrogen-bond donors (Lipinski definition) is 1. The van der Waals surface area contributed by atoms with Crippen molar-refractivity contribution in [1.29, 1.82) is 0 Å². The number of amides is 1. The number of fused-ring (bicyclic) bond motifs is 1. The molecule has 0 spiro atoms. The van der Waals surface area contributed by atoms with E-state index in [2.05, 4.69) is 5.32 Å². The molecule has 1 amide bonds. The van der Waals surface area contributed by atoms with E-state index in [1.807, 2.05) is 80.9 Å². The average molecular weight is 322 g/mol. The molecular formula is C20H22N2O2. The van der Waals surface area contributed by atoms with Crippen molar-refractivity contribution in [3.8, 4) is 5.75 Å². The second kappa shape index (κ2) is 6.40. The Kier molecular flexibility index (Phi) is 4.30. The summed E-state index contributed by atoms with van der Waals surface area (Å²) < 4.78 is 7.56. The van der Waals surface area contributed by atoms with Crippen LogP contribution in [0.4, 0.5) is 5.69 Å². The Labute approximate surface area is 142 Å². The number of aryl methyl sites for hydroxylation is 2. The number of nitrogens with zero attached hydrogens (tertiary/aromatic N) is 1. The highest BCUT2D eigenvalue weighted by Gasteiger charge is 2.18. The molecule has 0 bridgehead atoms. The van der Waals surface area contributed by atoms with Gasteiger partial charge in [0.2, 0.25) is 0 Å². The van der Waals surface area contributed by atoms with Gasteiger partial charge in [0.05, 0.1) is 6.10 Å². The van der Waals surface area contributed by atoms with Gasteiger partial charge in [-0.15, -0.1) is 0 Å². The van der Waals surface area contributed by atoms with Crippen molar-refractivity contribution in [1.82, 2.24) is 4.57 Å². The lowest BCUT2D eigenvalue weighted by atomic mass is 10.1. The Balaban J connectivity index is 1.85. The molecule has 1 N–H and O–H groups in total. The summed E-state index contributed by atoms with van der Waals surface area (Å²) >= 11 is 0. The molecule has 3 aromatic rings. The third kappa shape index (κ3) is 3.00. The van der Waals surface area contributed by atoms with Crippen LogP contribution in [0.2, 0.25) is 0 Å². The largest absolute Gasteiger partial charge is 0.491 e. The van der Waals surface area contributed by atoms with Crippen LogP contribution in [0.15, 0.2) is 48.5 Å². The number of benzene rings is 2. The van der Waals surface area contributed by atoms with Crippen LogP contribution in [0.25, 0.3) is 10.9 Å². The van der Waals surface area contributed by atoms with Crippen molar-refractivity contribution >= 4 is 22.5 Å². The van der Waals surface area contributed by atoms with E-state index in [0.29, 0.717) is 5.69 Å². The zero-order chi connectivity index (χ0) is 17.3. The van der Waals surface area contributed by atoms with Gasteiger partial charge >= 0.3 is 0 Å². The number of carbonyl (C=O) groups is 1. The standard InChI is InChI=1S/C20H22N2O2/c1-13(2)24-16-11-9-15(10-12-16)21-20(23)19-14(3)17-7-5-6-8-18(17)22(19)4/h5-13H,1-4H3,(H,21,23). The molecule has 0 saturated heterocycles. The van der Waals surface area contributed by atoms with Gasteiger partial charge in [0.15, 0.2) is 0 Å². The van der Waals surface area contributed by atoms with Crippen molar-refractivity contribution in [3.05, 3.63) is 59.8 Å². The van der Waals surface area contributed by atoms with Gasteiger partial charge in [0.1, 0.15) is 11.4 Å². The van der Waals surface area contributed by atoms with Crippen LogP contribution in [-0.4, -0.2) is 16.6 Å². The minimum absolute atomic E-state index is 0.108. The molecule has 1 heterocycles. The van der Waals surface area contributed by atoms with E-state index in [4.69, 9.17) is 4.74 Å². The van der Waals surface area contributed by atoms with E-state index in [-0.39, 0.29) is 12.0 Å². The molecular weight excluding hydrogens is 300 g/mol. The molecule has 0 aliphatic carbocycles. The van der Waals surface area contributed by atoms with Gasteiger partial charge in [-0.25, -0.2) is 0 Å². The molecule has 124 valence electrons. The predicted octanol–water partition coefficient (Wildman–Crippen LogP) is 4.53. The van der Waals surface area contributed by atoms with Gasteiger partial charge in [-0.1, -0.05) is 18.2 Å². The molecule has 0 aliphatic rings. The van der Waals surface area contributed by atoms with Gasteiger partial charge in [-0.05, 0) is 56.7 Å². The fourth-order valence-corrected chi connectivity index (χ4v) is 2.98. The third-order valence-corrected chi connectivity index (χ3v) is 4.06. The van der Waals surface area contributed by atoms with Crippen LogP contribution in [-0.2, 0) is 7.05 Å². The van der Waals surface area contributed by atoms with E-state index in [1.54, 1.807) is 0 Å². The minimum Gasteiger partial charge on any atom is -0.491 e. The summed E-state index contributed by atoms with van der Waals surface area (Å²) in [6.45, 7) is 5.95. The first-order valence-corrected chi connectivity index (χ1v) is 8.09. The summed E-state index contributed by atoms with van der Waals surface area (Å²) in [6, 6.07) is 15.5. The smallest absolute Gasteiger partial charge is 0.272 e.